The van der Waals surface area contributed by atoms with Gasteiger partial charge in [-0.1, -0.05) is 30.3 Å². The first-order valence-corrected chi connectivity index (χ1v) is 13.5. The molecule has 12 nitrogen and oxygen atoms in total. The molecular formula is C27H23N7O5S. The van der Waals surface area contributed by atoms with Crippen molar-refractivity contribution in [2.24, 2.45) is 0 Å². The molecule has 0 aliphatic heterocycles. The van der Waals surface area contributed by atoms with Gasteiger partial charge in [0.25, 0.3) is 21.5 Å². The molecule has 5 aromatic rings. The van der Waals surface area contributed by atoms with Gasteiger partial charge in [0, 0.05) is 18.1 Å². The average molecular weight is 558 g/mol. The minimum absolute atomic E-state index is 0.00759. The van der Waals surface area contributed by atoms with E-state index in [0.29, 0.717) is 22.3 Å². The van der Waals surface area contributed by atoms with Crippen molar-refractivity contribution in [1.82, 2.24) is 19.6 Å². The standard InChI is InChI=1S/C27H23N7O5S/c35-25(17-30-19-11-13-21(14-12-19)40(37,38)33-27-28-15-6-16-29-27)32-34-24(18-39-20-7-2-1-3-8-20)31-23-10-5-4-9-22(23)26(34)36/h1-16,30H,17-18H2,(H,32,35)(H,28,29,33). The molecule has 5 rings (SSSR count). The summed E-state index contributed by atoms with van der Waals surface area (Å²) >= 11 is 0. The fourth-order valence-electron chi connectivity index (χ4n) is 3.68. The summed E-state index contributed by atoms with van der Waals surface area (Å²) in [7, 11) is -3.89. The van der Waals surface area contributed by atoms with Crippen LogP contribution >= 0.6 is 0 Å². The van der Waals surface area contributed by atoms with Gasteiger partial charge in [0.1, 0.15) is 12.4 Å². The Hall–Kier alpha value is -5.30. The van der Waals surface area contributed by atoms with E-state index in [1.165, 1.54) is 36.7 Å². The number of rotatable bonds is 10. The van der Waals surface area contributed by atoms with Crippen LogP contribution in [0.4, 0.5) is 11.6 Å². The second-order valence-corrected chi connectivity index (χ2v) is 10.1. The summed E-state index contributed by atoms with van der Waals surface area (Å²) in [6, 6.07) is 23.2. The predicted molar refractivity (Wildman–Crippen MR) is 149 cm³/mol. The fourth-order valence-corrected chi connectivity index (χ4v) is 4.64. The third-order valence-electron chi connectivity index (χ3n) is 5.60. The van der Waals surface area contributed by atoms with E-state index in [4.69, 9.17) is 4.74 Å². The Morgan fingerprint density at radius 2 is 1.57 bits per heavy atom. The van der Waals surface area contributed by atoms with E-state index in [9.17, 15) is 18.0 Å². The molecule has 2 aromatic heterocycles. The number of para-hydroxylation sites is 2. The number of amides is 1. The fraction of sp³-hybridized carbons (Fsp3) is 0.0741. The number of hydrogen-bond acceptors (Lipinski definition) is 9. The van der Waals surface area contributed by atoms with Crippen LogP contribution in [-0.2, 0) is 21.4 Å². The lowest BCUT2D eigenvalue weighted by Crippen LogP contribution is -2.39. The third-order valence-corrected chi connectivity index (χ3v) is 6.95. The van der Waals surface area contributed by atoms with E-state index in [0.717, 1.165) is 4.68 Å². The lowest BCUT2D eigenvalue weighted by molar-refractivity contribution is -0.115. The normalized spacial score (nSPS) is 11.1. The SMILES string of the molecule is O=C(CNc1ccc(S(=O)(=O)Nc2ncccn2)cc1)Nn1c(COc2ccccc2)nc2ccccc2c1=O. The average Bonchev–Trinajstić information content (AvgIpc) is 2.98. The van der Waals surface area contributed by atoms with Gasteiger partial charge in [0.05, 0.1) is 22.3 Å². The van der Waals surface area contributed by atoms with E-state index < -0.39 is 21.5 Å². The number of fused-ring (bicyclic) bond motifs is 1. The molecule has 0 fully saturated rings. The van der Waals surface area contributed by atoms with Gasteiger partial charge in [-0.05, 0) is 54.6 Å². The zero-order valence-electron chi connectivity index (χ0n) is 20.9. The first-order chi connectivity index (χ1) is 19.4. The Kier molecular flexibility index (Phi) is 7.64. The number of benzene rings is 3. The van der Waals surface area contributed by atoms with Crippen LogP contribution < -0.4 is 25.8 Å². The molecule has 0 bridgehead atoms. The van der Waals surface area contributed by atoms with Crippen molar-refractivity contribution < 1.29 is 17.9 Å². The number of sulfonamides is 1. The van der Waals surface area contributed by atoms with Crippen molar-refractivity contribution in [2.45, 2.75) is 11.5 Å². The molecule has 0 unspecified atom stereocenters. The summed E-state index contributed by atoms with van der Waals surface area (Å²) in [6.45, 7) is -0.268. The molecular weight excluding hydrogens is 534 g/mol. The number of aromatic nitrogens is 4. The third kappa shape index (κ3) is 6.22. The van der Waals surface area contributed by atoms with Gasteiger partial charge >= 0.3 is 0 Å². The summed E-state index contributed by atoms with van der Waals surface area (Å²) in [4.78, 5) is 38.2. The molecule has 1 amide bonds. The maximum absolute atomic E-state index is 13.2. The summed E-state index contributed by atoms with van der Waals surface area (Å²) in [5.74, 6) is 0.222. The minimum Gasteiger partial charge on any atom is -0.486 e. The molecule has 0 spiro atoms. The summed E-state index contributed by atoms with van der Waals surface area (Å²) in [5, 5.41) is 3.25. The topological polar surface area (TPSA) is 157 Å². The van der Waals surface area contributed by atoms with E-state index in [2.05, 4.69) is 30.4 Å². The number of carbonyl (C=O) groups is 1. The second kappa shape index (κ2) is 11.6. The van der Waals surface area contributed by atoms with Crippen molar-refractivity contribution in [2.75, 3.05) is 22.0 Å². The van der Waals surface area contributed by atoms with Crippen molar-refractivity contribution in [3.05, 3.63) is 114 Å². The molecule has 3 aromatic carbocycles. The summed E-state index contributed by atoms with van der Waals surface area (Å²) < 4.78 is 34.3. The van der Waals surface area contributed by atoms with Crippen LogP contribution in [0.2, 0.25) is 0 Å². The van der Waals surface area contributed by atoms with Gasteiger partial charge in [0.15, 0.2) is 5.82 Å². The number of hydrogen-bond donors (Lipinski definition) is 3. The molecule has 202 valence electrons. The lowest BCUT2D eigenvalue weighted by atomic mass is 10.2. The van der Waals surface area contributed by atoms with Crippen molar-refractivity contribution in [1.29, 1.82) is 0 Å². The van der Waals surface area contributed by atoms with E-state index in [1.807, 2.05) is 18.2 Å². The number of anilines is 2. The zero-order chi connectivity index (χ0) is 28.0. The molecule has 3 N–H and O–H groups in total. The van der Waals surface area contributed by atoms with Crippen molar-refractivity contribution in [3.8, 4) is 5.75 Å². The molecule has 13 heteroatoms. The van der Waals surface area contributed by atoms with Crippen LogP contribution in [-0.4, -0.2) is 40.5 Å². The van der Waals surface area contributed by atoms with Crippen LogP contribution in [0.25, 0.3) is 10.9 Å². The van der Waals surface area contributed by atoms with Crippen LogP contribution in [0.3, 0.4) is 0 Å². The van der Waals surface area contributed by atoms with Crippen molar-refractivity contribution in [3.63, 3.8) is 0 Å². The highest BCUT2D eigenvalue weighted by molar-refractivity contribution is 7.92. The first-order valence-electron chi connectivity index (χ1n) is 12.0. The van der Waals surface area contributed by atoms with E-state index in [1.54, 1.807) is 42.5 Å². The Labute approximate surface area is 228 Å². The van der Waals surface area contributed by atoms with Gasteiger partial charge in [-0.2, -0.15) is 4.68 Å². The molecule has 0 atom stereocenters. The number of nitrogens with zero attached hydrogens (tertiary/aromatic N) is 4. The number of carbonyl (C=O) groups excluding carboxylic acids is 1. The Balaban J connectivity index is 1.27. The molecule has 40 heavy (non-hydrogen) atoms. The van der Waals surface area contributed by atoms with Crippen LogP contribution in [0.1, 0.15) is 5.82 Å². The van der Waals surface area contributed by atoms with Gasteiger partial charge in [-0.3, -0.25) is 15.0 Å². The first kappa shape index (κ1) is 26.3. The largest absolute Gasteiger partial charge is 0.486 e. The van der Waals surface area contributed by atoms with Crippen LogP contribution in [0.5, 0.6) is 5.75 Å². The van der Waals surface area contributed by atoms with E-state index in [-0.39, 0.29) is 29.8 Å². The van der Waals surface area contributed by atoms with Gasteiger partial charge in [0.2, 0.25) is 5.95 Å². The molecule has 0 aliphatic rings. The smallest absolute Gasteiger partial charge is 0.280 e. The Morgan fingerprint density at radius 1 is 0.875 bits per heavy atom. The number of nitrogens with one attached hydrogen (secondary N) is 3. The Bertz CT molecular complexity index is 1800. The molecule has 2 heterocycles. The van der Waals surface area contributed by atoms with Gasteiger partial charge in [-0.25, -0.2) is 28.1 Å². The summed E-state index contributed by atoms with van der Waals surface area (Å²) in [5.41, 5.74) is 3.10. The molecule has 0 aliphatic carbocycles. The van der Waals surface area contributed by atoms with Crippen molar-refractivity contribution >= 4 is 38.5 Å². The van der Waals surface area contributed by atoms with Crippen LogP contribution in [0, 0.1) is 0 Å². The minimum atomic E-state index is -3.89. The predicted octanol–water partition coefficient (Wildman–Crippen LogP) is 2.75. The van der Waals surface area contributed by atoms with Gasteiger partial charge in [-0.15, -0.1) is 0 Å². The number of ether oxygens (including phenoxy) is 1. The highest BCUT2D eigenvalue weighted by atomic mass is 32.2. The van der Waals surface area contributed by atoms with E-state index >= 15 is 0 Å². The highest BCUT2D eigenvalue weighted by Gasteiger charge is 2.16. The van der Waals surface area contributed by atoms with Gasteiger partial charge < -0.3 is 10.1 Å². The summed E-state index contributed by atoms with van der Waals surface area (Å²) in [6.07, 6.45) is 2.84. The highest BCUT2D eigenvalue weighted by Crippen LogP contribution is 2.16. The quantitative estimate of drug-likeness (QED) is 0.235. The molecule has 0 saturated carbocycles. The molecule has 0 saturated heterocycles. The lowest BCUT2D eigenvalue weighted by Gasteiger charge is -2.15. The Morgan fingerprint density at radius 3 is 2.33 bits per heavy atom. The van der Waals surface area contributed by atoms with Crippen LogP contribution in [0.15, 0.2) is 107 Å². The maximum Gasteiger partial charge on any atom is 0.280 e. The second-order valence-electron chi connectivity index (χ2n) is 8.38. The zero-order valence-corrected chi connectivity index (χ0v) is 21.7. The molecule has 0 radical (unpaired) electrons. The monoisotopic (exact) mass is 557 g/mol. The maximum atomic E-state index is 13.2.